The van der Waals surface area contributed by atoms with Crippen molar-refractivity contribution in [2.45, 2.75) is 0 Å². The minimum atomic E-state index is -0.845. The second-order valence-electron chi connectivity index (χ2n) is 8.18. The number of hydrogen-bond donors (Lipinski definition) is 0. The highest BCUT2D eigenvalue weighted by atomic mass is 32.2. The second-order valence-corrected chi connectivity index (χ2v) is 9.13. The van der Waals surface area contributed by atoms with Crippen molar-refractivity contribution in [1.82, 2.24) is 5.27 Å². The molecule has 0 radical (unpaired) electrons. The predicted octanol–water partition coefficient (Wildman–Crippen LogP) is 3.40. The van der Waals surface area contributed by atoms with Crippen molar-refractivity contribution in [2.75, 3.05) is 24.9 Å². The van der Waals surface area contributed by atoms with Gasteiger partial charge < -0.3 is 19.1 Å². The first kappa shape index (κ1) is 25.7. The zero-order valence-corrected chi connectivity index (χ0v) is 21.8. The molecule has 1 aliphatic rings. The molecule has 0 fully saturated rings. The van der Waals surface area contributed by atoms with E-state index in [1.165, 1.54) is 16.7 Å². The Hall–Kier alpha value is -4.90. The summed E-state index contributed by atoms with van der Waals surface area (Å²) in [6, 6.07) is 23.0. The van der Waals surface area contributed by atoms with Crippen LogP contribution >= 0.6 is 11.8 Å². The fraction of sp³-hybridized carbons (Fsp3) is 0.107. The van der Waals surface area contributed by atoms with E-state index in [-0.39, 0.29) is 23.1 Å². The van der Waals surface area contributed by atoms with Crippen LogP contribution in [0.2, 0.25) is 0 Å². The number of carbonyl (C=O) groups excluding carboxylic acids is 2. The lowest BCUT2D eigenvalue weighted by atomic mass is 10.1. The van der Waals surface area contributed by atoms with E-state index in [0.717, 1.165) is 11.8 Å². The van der Waals surface area contributed by atoms with Gasteiger partial charge in [0.2, 0.25) is 11.5 Å². The third-order valence-electron chi connectivity index (χ3n) is 5.76. The molecule has 11 heteroatoms. The Balaban J connectivity index is 1.45. The van der Waals surface area contributed by atoms with Gasteiger partial charge in [0.15, 0.2) is 22.6 Å². The zero-order chi connectivity index (χ0) is 27.4. The average Bonchev–Trinajstić information content (AvgIpc) is 3.51. The van der Waals surface area contributed by atoms with Gasteiger partial charge in [-0.1, -0.05) is 54.2 Å². The van der Waals surface area contributed by atoms with Crippen LogP contribution in [0, 0.1) is 0 Å². The van der Waals surface area contributed by atoms with Crippen molar-refractivity contribution in [1.29, 1.82) is 0 Å². The lowest BCUT2D eigenvalue weighted by molar-refractivity contribution is -0.672. The van der Waals surface area contributed by atoms with E-state index in [1.54, 1.807) is 86.0 Å². The van der Waals surface area contributed by atoms with Gasteiger partial charge in [-0.3, -0.25) is 14.5 Å². The summed E-state index contributed by atoms with van der Waals surface area (Å²) in [7, 11) is 3.07. The maximum absolute atomic E-state index is 13.5. The molecule has 0 N–H and O–H groups in total. The minimum Gasteiger partial charge on any atom is -0.539 e. The summed E-state index contributed by atoms with van der Waals surface area (Å²) in [4.78, 5) is 32.6. The van der Waals surface area contributed by atoms with Crippen LogP contribution in [-0.4, -0.2) is 42.1 Å². The molecule has 0 saturated heterocycles. The van der Waals surface area contributed by atoms with Gasteiger partial charge in [-0.15, -0.1) is 0 Å². The van der Waals surface area contributed by atoms with E-state index in [4.69, 9.17) is 14.0 Å². The van der Waals surface area contributed by atoms with Gasteiger partial charge in [-0.05, 0) is 40.6 Å². The van der Waals surface area contributed by atoms with Gasteiger partial charge in [0, 0.05) is 12.1 Å². The summed E-state index contributed by atoms with van der Waals surface area (Å²) in [5.41, 5.74) is 1.74. The number of anilines is 1. The Labute approximate surface area is 227 Å². The molecule has 196 valence electrons. The molecular formula is C28H22N4O6S. The van der Waals surface area contributed by atoms with Gasteiger partial charge in [0.05, 0.1) is 30.9 Å². The number of benzene rings is 3. The molecule has 5 rings (SSSR count). The van der Waals surface area contributed by atoms with Crippen LogP contribution in [0.15, 0.2) is 94.1 Å². The Morgan fingerprint density at radius 3 is 2.41 bits per heavy atom. The molecule has 3 aromatic carbocycles. The molecular weight excluding hydrogens is 520 g/mol. The Kier molecular flexibility index (Phi) is 7.41. The SMILES string of the molecule is COc1ccc(/C=C2/N=C(SCC(=O)c3c([O-])on[n+]3-c3ccccc3)N(c3ccccc3)C2=O)cc1OC. The Morgan fingerprint density at radius 1 is 1.03 bits per heavy atom. The van der Waals surface area contributed by atoms with E-state index < -0.39 is 11.7 Å². The molecule has 1 aromatic heterocycles. The molecule has 1 aliphatic heterocycles. The van der Waals surface area contributed by atoms with Gasteiger partial charge >= 0.3 is 5.69 Å². The van der Waals surface area contributed by atoms with Crippen LogP contribution in [0.5, 0.6) is 17.4 Å². The van der Waals surface area contributed by atoms with Crippen LogP contribution < -0.4 is 24.2 Å². The number of Topliss-reactive ketones (excluding diaryl/α,β-unsaturated/α-hetero) is 1. The number of ether oxygens (including phenoxy) is 2. The third kappa shape index (κ3) is 5.25. The van der Waals surface area contributed by atoms with Gasteiger partial charge in [0.25, 0.3) is 5.91 Å². The number of amides is 1. The Morgan fingerprint density at radius 2 is 1.72 bits per heavy atom. The molecule has 4 aromatic rings. The van der Waals surface area contributed by atoms with Gasteiger partial charge in [-0.25, -0.2) is 4.99 Å². The number of aromatic nitrogens is 2. The fourth-order valence-corrected chi connectivity index (χ4v) is 4.80. The highest BCUT2D eigenvalue weighted by Gasteiger charge is 2.34. The first-order valence-corrected chi connectivity index (χ1v) is 12.7. The zero-order valence-electron chi connectivity index (χ0n) is 20.9. The number of ketones is 1. The number of thioether (sulfide) groups is 1. The summed E-state index contributed by atoms with van der Waals surface area (Å²) >= 11 is 1.04. The fourth-order valence-electron chi connectivity index (χ4n) is 3.92. The topological polar surface area (TPSA) is 121 Å². The molecule has 0 saturated carbocycles. The normalized spacial score (nSPS) is 14.0. The minimum absolute atomic E-state index is 0.176. The van der Waals surface area contributed by atoms with Gasteiger partial charge in [0.1, 0.15) is 5.70 Å². The molecule has 2 heterocycles. The highest BCUT2D eigenvalue weighted by molar-refractivity contribution is 8.14. The number of hydrogen-bond acceptors (Lipinski definition) is 9. The summed E-state index contributed by atoms with van der Waals surface area (Å²) in [5.74, 6) is -0.836. The van der Waals surface area contributed by atoms with Crippen molar-refractivity contribution < 1.29 is 33.4 Å². The van der Waals surface area contributed by atoms with Crippen LogP contribution in [-0.2, 0) is 4.79 Å². The predicted molar refractivity (Wildman–Crippen MR) is 143 cm³/mol. The third-order valence-corrected chi connectivity index (χ3v) is 6.70. The standard InChI is InChI=1S/C28H22N4O6S/c1-36-23-14-13-18(16-24(23)37-2)15-21-26(34)31(19-9-5-3-6-10-19)28(29-21)39-17-22(33)25-27(35)38-30-32(25)20-11-7-4-8-12-20/h3-16H,17H2,1-2H3/b21-15+. The highest BCUT2D eigenvalue weighted by Crippen LogP contribution is 2.32. The Bertz CT molecular complexity index is 1580. The molecule has 1 amide bonds. The summed E-state index contributed by atoms with van der Waals surface area (Å²) in [6.07, 6.45) is 1.63. The first-order chi connectivity index (χ1) is 19.0. The quantitative estimate of drug-likeness (QED) is 0.189. The number of carbonyl (C=O) groups is 2. The molecule has 0 atom stereocenters. The maximum atomic E-state index is 13.5. The van der Waals surface area contributed by atoms with E-state index in [2.05, 4.69) is 10.3 Å². The van der Waals surface area contributed by atoms with Crippen LogP contribution in [0.3, 0.4) is 0 Å². The van der Waals surface area contributed by atoms with Crippen LogP contribution in [0.1, 0.15) is 16.1 Å². The van der Waals surface area contributed by atoms with Crippen molar-refractivity contribution in [2.24, 2.45) is 4.99 Å². The molecule has 10 nitrogen and oxygen atoms in total. The second kappa shape index (κ2) is 11.2. The maximum Gasteiger partial charge on any atom is 0.307 e. The van der Waals surface area contributed by atoms with Crippen LogP contribution in [0.25, 0.3) is 11.8 Å². The van der Waals surface area contributed by atoms with E-state index in [0.29, 0.717) is 33.6 Å². The smallest absolute Gasteiger partial charge is 0.307 e. The van der Waals surface area contributed by atoms with E-state index >= 15 is 0 Å². The van der Waals surface area contributed by atoms with Crippen molar-refractivity contribution in [3.05, 3.63) is 95.8 Å². The molecule has 39 heavy (non-hydrogen) atoms. The first-order valence-electron chi connectivity index (χ1n) is 11.7. The molecule has 0 unspecified atom stereocenters. The number of amidine groups is 1. The number of nitrogens with zero attached hydrogens (tertiary/aromatic N) is 4. The lowest BCUT2D eigenvalue weighted by Crippen LogP contribution is -2.39. The van der Waals surface area contributed by atoms with E-state index in [9.17, 15) is 14.7 Å². The van der Waals surface area contributed by atoms with E-state index in [1.807, 2.05) is 6.07 Å². The average molecular weight is 543 g/mol. The molecule has 0 aliphatic carbocycles. The van der Waals surface area contributed by atoms with Crippen molar-refractivity contribution in [3.63, 3.8) is 0 Å². The van der Waals surface area contributed by atoms with Crippen molar-refractivity contribution >= 4 is 40.4 Å². The van der Waals surface area contributed by atoms with Gasteiger partial charge in [-0.2, -0.15) is 0 Å². The largest absolute Gasteiger partial charge is 0.539 e. The number of para-hydroxylation sites is 2. The summed E-state index contributed by atoms with van der Waals surface area (Å²) in [6.45, 7) is 0. The molecule has 0 spiro atoms. The lowest BCUT2D eigenvalue weighted by Gasteiger charge is -2.17. The monoisotopic (exact) mass is 542 g/mol. The summed E-state index contributed by atoms with van der Waals surface area (Å²) in [5, 5.41) is 16.4. The number of methoxy groups -OCH3 is 2. The molecule has 0 bridgehead atoms. The summed E-state index contributed by atoms with van der Waals surface area (Å²) < 4.78 is 16.6. The number of rotatable bonds is 8. The van der Waals surface area contributed by atoms with Crippen LogP contribution in [0.4, 0.5) is 5.69 Å². The van der Waals surface area contributed by atoms with Crippen molar-refractivity contribution in [3.8, 4) is 23.1 Å². The number of aliphatic imine (C=N–C) groups is 1.